The Balaban J connectivity index is 2.22. The molecule has 1 aliphatic rings. The zero-order valence-electron chi connectivity index (χ0n) is 11.1. The molecule has 0 fully saturated rings. The van der Waals surface area contributed by atoms with Gasteiger partial charge in [0.15, 0.2) is 5.78 Å². The highest BCUT2D eigenvalue weighted by Crippen LogP contribution is 2.42. The third-order valence-corrected chi connectivity index (χ3v) is 4.28. The maximum absolute atomic E-state index is 12.8. The van der Waals surface area contributed by atoms with E-state index < -0.39 is 5.41 Å². The highest BCUT2D eigenvalue weighted by Gasteiger charge is 2.42. The number of halogens is 1. The minimum Gasteiger partial charge on any atom is -0.293 e. The van der Waals surface area contributed by atoms with E-state index in [1.54, 1.807) is 6.08 Å². The van der Waals surface area contributed by atoms with Crippen LogP contribution in [-0.4, -0.2) is 5.78 Å². The molecule has 0 heterocycles. The van der Waals surface area contributed by atoms with Gasteiger partial charge < -0.3 is 0 Å². The van der Waals surface area contributed by atoms with Crippen LogP contribution in [0.15, 0.2) is 71.8 Å². The Hall–Kier alpha value is -1.86. The Morgan fingerprint density at radius 2 is 1.35 bits per heavy atom. The molecule has 2 heteroatoms. The van der Waals surface area contributed by atoms with E-state index in [0.717, 1.165) is 24.0 Å². The van der Waals surface area contributed by atoms with Crippen molar-refractivity contribution in [2.24, 2.45) is 0 Å². The topological polar surface area (TPSA) is 17.1 Å². The summed E-state index contributed by atoms with van der Waals surface area (Å²) < 4.78 is 0. The molecular formula is C18H15ClO. The lowest BCUT2D eigenvalue weighted by Gasteiger charge is -2.35. The molecule has 1 nitrogen and oxygen atoms in total. The number of carbonyl (C=O) groups excluding carboxylic acids is 1. The van der Waals surface area contributed by atoms with Gasteiger partial charge in [-0.05, 0) is 30.0 Å². The van der Waals surface area contributed by atoms with E-state index in [1.165, 1.54) is 0 Å². The minimum absolute atomic E-state index is 0.0751. The molecule has 0 bridgehead atoms. The van der Waals surface area contributed by atoms with Crippen molar-refractivity contribution in [3.63, 3.8) is 0 Å². The zero-order chi connectivity index (χ0) is 14.0. The predicted octanol–water partition coefficient (Wildman–Crippen LogP) is 4.46. The number of hydrogen-bond acceptors (Lipinski definition) is 1. The second-order valence-corrected chi connectivity index (χ2v) is 5.58. The Morgan fingerprint density at radius 3 is 1.80 bits per heavy atom. The second-order valence-electron chi connectivity index (χ2n) is 5.09. The van der Waals surface area contributed by atoms with Gasteiger partial charge in [0.25, 0.3) is 0 Å². The first-order valence-corrected chi connectivity index (χ1v) is 7.13. The summed E-state index contributed by atoms with van der Waals surface area (Å²) in [6.45, 7) is 0. The number of carbonyl (C=O) groups is 1. The molecular weight excluding hydrogens is 268 g/mol. The van der Waals surface area contributed by atoms with Gasteiger partial charge in [0.1, 0.15) is 0 Å². The zero-order valence-corrected chi connectivity index (χ0v) is 11.8. The van der Waals surface area contributed by atoms with Crippen LogP contribution in [0.1, 0.15) is 24.0 Å². The average molecular weight is 283 g/mol. The van der Waals surface area contributed by atoms with Crippen LogP contribution in [-0.2, 0) is 10.2 Å². The van der Waals surface area contributed by atoms with Crippen LogP contribution < -0.4 is 0 Å². The number of rotatable bonds is 2. The standard InChI is InChI=1S/C18H15ClO/c19-16-11-12-18(17(20)13-16,14-7-3-1-4-8-14)15-9-5-2-6-10-15/h1-10,13H,11-12H2. The van der Waals surface area contributed by atoms with E-state index in [2.05, 4.69) is 0 Å². The maximum atomic E-state index is 12.8. The molecule has 0 unspecified atom stereocenters. The molecule has 3 rings (SSSR count). The van der Waals surface area contributed by atoms with Crippen LogP contribution in [0.4, 0.5) is 0 Å². The Kier molecular flexibility index (Phi) is 3.45. The molecule has 0 saturated heterocycles. The quantitative estimate of drug-likeness (QED) is 0.795. The first kappa shape index (κ1) is 13.1. The van der Waals surface area contributed by atoms with Crippen molar-refractivity contribution in [3.8, 4) is 0 Å². The SMILES string of the molecule is O=C1C=C(Cl)CCC1(c1ccccc1)c1ccccc1. The monoisotopic (exact) mass is 282 g/mol. The largest absolute Gasteiger partial charge is 0.293 e. The van der Waals surface area contributed by atoms with Crippen LogP contribution in [0.2, 0.25) is 0 Å². The van der Waals surface area contributed by atoms with Gasteiger partial charge in [-0.25, -0.2) is 0 Å². The fourth-order valence-electron chi connectivity index (χ4n) is 2.95. The van der Waals surface area contributed by atoms with Crippen molar-refractivity contribution < 1.29 is 4.79 Å². The van der Waals surface area contributed by atoms with E-state index in [4.69, 9.17) is 11.6 Å². The van der Waals surface area contributed by atoms with Gasteiger partial charge in [-0.2, -0.15) is 0 Å². The molecule has 0 spiro atoms. The molecule has 2 aromatic carbocycles. The third kappa shape index (κ3) is 2.08. The summed E-state index contributed by atoms with van der Waals surface area (Å²) in [6, 6.07) is 20.0. The van der Waals surface area contributed by atoms with Crippen LogP contribution >= 0.6 is 11.6 Å². The van der Waals surface area contributed by atoms with E-state index in [-0.39, 0.29) is 5.78 Å². The molecule has 1 aliphatic carbocycles. The van der Waals surface area contributed by atoms with Crippen molar-refractivity contribution in [2.75, 3.05) is 0 Å². The van der Waals surface area contributed by atoms with Gasteiger partial charge in [0.2, 0.25) is 0 Å². The normalized spacial score (nSPS) is 17.6. The van der Waals surface area contributed by atoms with Crippen LogP contribution in [0.25, 0.3) is 0 Å². The van der Waals surface area contributed by atoms with Crippen LogP contribution in [0, 0.1) is 0 Å². The van der Waals surface area contributed by atoms with Gasteiger partial charge in [0.05, 0.1) is 5.41 Å². The molecule has 0 atom stereocenters. The summed E-state index contributed by atoms with van der Waals surface area (Å²) in [5.41, 5.74) is 1.48. The van der Waals surface area contributed by atoms with Crippen molar-refractivity contribution in [1.29, 1.82) is 0 Å². The highest BCUT2D eigenvalue weighted by atomic mass is 35.5. The molecule has 2 aromatic rings. The summed E-state index contributed by atoms with van der Waals surface area (Å²) in [6.07, 6.45) is 3.04. The van der Waals surface area contributed by atoms with E-state index in [9.17, 15) is 4.79 Å². The fourth-order valence-corrected chi connectivity index (χ4v) is 3.15. The predicted molar refractivity (Wildman–Crippen MR) is 81.8 cm³/mol. The summed E-state index contributed by atoms with van der Waals surface area (Å²) in [4.78, 5) is 12.8. The van der Waals surface area contributed by atoms with Gasteiger partial charge in [-0.3, -0.25) is 4.79 Å². The van der Waals surface area contributed by atoms with Gasteiger partial charge >= 0.3 is 0 Å². The number of ketones is 1. The third-order valence-electron chi connectivity index (χ3n) is 3.98. The van der Waals surface area contributed by atoms with Crippen molar-refractivity contribution in [3.05, 3.63) is 82.9 Å². The average Bonchev–Trinajstić information content (AvgIpc) is 2.50. The number of allylic oxidation sites excluding steroid dienone is 2. The molecule has 100 valence electrons. The lowest BCUT2D eigenvalue weighted by Crippen LogP contribution is -2.38. The molecule has 0 aliphatic heterocycles. The number of benzene rings is 2. The fraction of sp³-hybridized carbons (Fsp3) is 0.167. The minimum atomic E-state index is -0.596. The Labute approximate surface area is 123 Å². The molecule has 0 aromatic heterocycles. The van der Waals surface area contributed by atoms with Gasteiger partial charge in [0, 0.05) is 5.03 Å². The van der Waals surface area contributed by atoms with Gasteiger partial charge in [-0.15, -0.1) is 0 Å². The lowest BCUT2D eigenvalue weighted by molar-refractivity contribution is -0.119. The molecule has 0 amide bonds. The van der Waals surface area contributed by atoms with Crippen molar-refractivity contribution in [1.82, 2.24) is 0 Å². The molecule has 0 saturated carbocycles. The lowest BCUT2D eigenvalue weighted by atomic mass is 9.66. The highest BCUT2D eigenvalue weighted by molar-refractivity contribution is 6.32. The maximum Gasteiger partial charge on any atom is 0.171 e. The van der Waals surface area contributed by atoms with E-state index in [0.29, 0.717) is 5.03 Å². The summed E-state index contributed by atoms with van der Waals surface area (Å²) in [5, 5.41) is 0.650. The van der Waals surface area contributed by atoms with Crippen molar-refractivity contribution in [2.45, 2.75) is 18.3 Å². The molecule has 0 radical (unpaired) electrons. The summed E-state index contributed by atoms with van der Waals surface area (Å²) in [7, 11) is 0. The molecule has 20 heavy (non-hydrogen) atoms. The van der Waals surface area contributed by atoms with Crippen LogP contribution in [0.5, 0.6) is 0 Å². The summed E-state index contributed by atoms with van der Waals surface area (Å²) in [5.74, 6) is 0.0751. The summed E-state index contributed by atoms with van der Waals surface area (Å²) >= 11 is 6.05. The van der Waals surface area contributed by atoms with Crippen LogP contribution in [0.3, 0.4) is 0 Å². The molecule has 0 N–H and O–H groups in total. The number of hydrogen-bond donors (Lipinski definition) is 0. The Bertz CT molecular complexity index is 604. The second kappa shape index (κ2) is 5.26. The van der Waals surface area contributed by atoms with Gasteiger partial charge in [-0.1, -0.05) is 72.3 Å². The van der Waals surface area contributed by atoms with Crippen molar-refractivity contribution >= 4 is 17.4 Å². The van der Waals surface area contributed by atoms with E-state index in [1.807, 2.05) is 60.7 Å². The first-order chi connectivity index (χ1) is 9.73. The Morgan fingerprint density at radius 1 is 0.850 bits per heavy atom. The first-order valence-electron chi connectivity index (χ1n) is 6.75. The van der Waals surface area contributed by atoms with E-state index >= 15 is 0 Å². The smallest absolute Gasteiger partial charge is 0.171 e.